The van der Waals surface area contributed by atoms with E-state index in [4.69, 9.17) is 4.74 Å². The minimum atomic E-state index is -4.28. The number of H-pyrrole nitrogens is 1. The number of ether oxygens (including phenoxy) is 1. The molecule has 0 atom stereocenters. The van der Waals surface area contributed by atoms with Gasteiger partial charge < -0.3 is 14.3 Å². The van der Waals surface area contributed by atoms with Crippen LogP contribution in [0.3, 0.4) is 0 Å². The van der Waals surface area contributed by atoms with Gasteiger partial charge in [0.15, 0.2) is 5.43 Å². The number of aromatic amines is 1. The molecule has 1 fully saturated rings. The van der Waals surface area contributed by atoms with Gasteiger partial charge in [-0.25, -0.2) is 4.98 Å². The highest BCUT2D eigenvalue weighted by Crippen LogP contribution is 2.35. The number of aromatic nitrogens is 3. The third-order valence-corrected chi connectivity index (χ3v) is 5.30. The van der Waals surface area contributed by atoms with Crippen molar-refractivity contribution < 1.29 is 17.9 Å². The van der Waals surface area contributed by atoms with Gasteiger partial charge in [-0.15, -0.1) is 0 Å². The fourth-order valence-corrected chi connectivity index (χ4v) is 4.00. The van der Waals surface area contributed by atoms with Crippen molar-refractivity contribution in [3.05, 3.63) is 40.9 Å². The van der Waals surface area contributed by atoms with E-state index in [1.807, 2.05) is 12.3 Å². The van der Waals surface area contributed by atoms with Gasteiger partial charge >= 0.3 is 6.18 Å². The lowest BCUT2D eigenvalue weighted by atomic mass is 9.86. The Morgan fingerprint density at radius 2 is 1.96 bits per heavy atom. The zero-order valence-electron chi connectivity index (χ0n) is 14.6. The van der Waals surface area contributed by atoms with Crippen LogP contribution in [0.5, 0.6) is 0 Å². The van der Waals surface area contributed by atoms with Crippen LogP contribution < -0.4 is 5.43 Å². The molecular weight excluding hydrogens is 359 g/mol. The summed E-state index contributed by atoms with van der Waals surface area (Å²) in [6, 6.07) is 3.67. The van der Waals surface area contributed by atoms with Crippen LogP contribution in [0.1, 0.15) is 31.7 Å². The van der Waals surface area contributed by atoms with Crippen LogP contribution in [-0.4, -0.2) is 33.9 Å². The lowest BCUT2D eigenvalue weighted by Gasteiger charge is -2.31. The summed E-state index contributed by atoms with van der Waals surface area (Å²) in [7, 11) is 0. The van der Waals surface area contributed by atoms with E-state index in [1.54, 1.807) is 18.5 Å². The highest BCUT2D eigenvalue weighted by Gasteiger charge is 2.29. The van der Waals surface area contributed by atoms with E-state index in [2.05, 4.69) is 14.5 Å². The predicted molar refractivity (Wildman–Crippen MR) is 95.7 cm³/mol. The van der Waals surface area contributed by atoms with E-state index in [1.165, 1.54) is 0 Å². The molecule has 0 aromatic carbocycles. The molecule has 1 saturated carbocycles. The van der Waals surface area contributed by atoms with E-state index in [0.29, 0.717) is 5.39 Å². The molecule has 4 rings (SSSR count). The average Bonchev–Trinajstić information content (AvgIpc) is 3.11. The number of hydrogen-bond acceptors (Lipinski definition) is 3. The number of halogens is 3. The Morgan fingerprint density at radius 3 is 2.70 bits per heavy atom. The predicted octanol–water partition coefficient (Wildman–Crippen LogP) is 4.19. The summed E-state index contributed by atoms with van der Waals surface area (Å²) in [5.74, 6) is 0.142. The standard InChI is InChI=1S/C19H20F3N3O2/c20-19(21,22)11-27-10-12-1-3-13(4-2-12)25-8-6-16(26)15-9-24-18-14(17(15)25)5-7-23-18/h5-9,12-13H,1-4,10-11H2,(H,23,24)/t12-,13-. The van der Waals surface area contributed by atoms with Crippen LogP contribution in [0.4, 0.5) is 13.2 Å². The first-order chi connectivity index (χ1) is 12.9. The average molecular weight is 379 g/mol. The van der Waals surface area contributed by atoms with Crippen molar-refractivity contribution in [3.8, 4) is 0 Å². The Kier molecular flexibility index (Phi) is 4.67. The minimum absolute atomic E-state index is 0.0638. The van der Waals surface area contributed by atoms with Gasteiger partial charge in [0.05, 0.1) is 10.9 Å². The Balaban J connectivity index is 1.53. The Hall–Kier alpha value is -2.35. The van der Waals surface area contributed by atoms with Gasteiger partial charge in [0.25, 0.3) is 0 Å². The topological polar surface area (TPSA) is 59.9 Å². The first-order valence-corrected chi connectivity index (χ1v) is 9.04. The number of hydrogen-bond donors (Lipinski definition) is 1. The highest BCUT2D eigenvalue weighted by atomic mass is 19.4. The van der Waals surface area contributed by atoms with Crippen LogP contribution in [0.25, 0.3) is 21.9 Å². The highest BCUT2D eigenvalue weighted by molar-refractivity contribution is 6.02. The summed E-state index contributed by atoms with van der Waals surface area (Å²) in [5, 5.41) is 1.49. The number of pyridine rings is 2. The monoisotopic (exact) mass is 379 g/mol. The van der Waals surface area contributed by atoms with Crippen molar-refractivity contribution in [3.63, 3.8) is 0 Å². The summed E-state index contributed by atoms with van der Waals surface area (Å²) in [6.07, 6.45) is 4.23. The maximum atomic E-state index is 12.3. The van der Waals surface area contributed by atoms with Crippen LogP contribution in [0.2, 0.25) is 0 Å². The number of rotatable bonds is 4. The molecule has 3 heterocycles. The van der Waals surface area contributed by atoms with Crippen molar-refractivity contribution >= 4 is 21.9 Å². The van der Waals surface area contributed by atoms with Crippen LogP contribution >= 0.6 is 0 Å². The molecule has 1 aliphatic carbocycles. The maximum absolute atomic E-state index is 12.3. The molecule has 1 N–H and O–H groups in total. The molecule has 0 bridgehead atoms. The van der Waals surface area contributed by atoms with E-state index in [-0.39, 0.29) is 24.0 Å². The Labute approximate surface area is 153 Å². The molecule has 144 valence electrons. The van der Waals surface area contributed by atoms with E-state index >= 15 is 0 Å². The third-order valence-electron chi connectivity index (χ3n) is 5.30. The van der Waals surface area contributed by atoms with Crippen LogP contribution in [-0.2, 0) is 4.74 Å². The zero-order chi connectivity index (χ0) is 19.0. The molecule has 1 aliphatic rings. The second-order valence-electron chi connectivity index (χ2n) is 7.15. The molecule has 0 spiro atoms. The van der Waals surface area contributed by atoms with Gasteiger partial charge in [-0.05, 0) is 37.7 Å². The second kappa shape index (κ2) is 6.99. The molecule has 27 heavy (non-hydrogen) atoms. The summed E-state index contributed by atoms with van der Waals surface area (Å²) in [5.41, 5.74) is 1.53. The summed E-state index contributed by atoms with van der Waals surface area (Å²) in [6.45, 7) is -1.04. The number of fused-ring (bicyclic) bond motifs is 3. The summed E-state index contributed by atoms with van der Waals surface area (Å²) >= 11 is 0. The molecule has 3 aromatic heterocycles. The van der Waals surface area contributed by atoms with Gasteiger partial charge in [0, 0.05) is 42.7 Å². The third kappa shape index (κ3) is 3.71. The maximum Gasteiger partial charge on any atom is 0.411 e. The number of alkyl halides is 3. The van der Waals surface area contributed by atoms with Gasteiger partial charge in [0.1, 0.15) is 12.3 Å². The van der Waals surface area contributed by atoms with Crippen LogP contribution in [0.15, 0.2) is 35.5 Å². The van der Waals surface area contributed by atoms with Gasteiger partial charge in [-0.1, -0.05) is 0 Å². The smallest absolute Gasteiger partial charge is 0.372 e. The fraction of sp³-hybridized carbons (Fsp3) is 0.474. The molecule has 0 aliphatic heterocycles. The number of nitrogens with zero attached hydrogens (tertiary/aromatic N) is 2. The minimum Gasteiger partial charge on any atom is -0.372 e. The molecular formula is C19H20F3N3O2. The van der Waals surface area contributed by atoms with Crippen LogP contribution in [0, 0.1) is 5.92 Å². The van der Waals surface area contributed by atoms with Gasteiger partial charge in [-0.2, -0.15) is 13.2 Å². The van der Waals surface area contributed by atoms with Gasteiger partial charge in [0.2, 0.25) is 0 Å². The quantitative estimate of drug-likeness (QED) is 0.740. The molecule has 0 radical (unpaired) electrons. The number of nitrogens with one attached hydrogen (secondary N) is 1. The Bertz CT molecular complexity index is 1000. The second-order valence-corrected chi connectivity index (χ2v) is 7.15. The summed E-state index contributed by atoms with van der Waals surface area (Å²) < 4.78 is 43.6. The molecule has 3 aromatic rings. The Morgan fingerprint density at radius 1 is 1.19 bits per heavy atom. The molecule has 0 saturated heterocycles. The van der Waals surface area contributed by atoms with Crippen molar-refractivity contribution in [2.24, 2.45) is 5.92 Å². The van der Waals surface area contributed by atoms with Crippen molar-refractivity contribution in [1.82, 2.24) is 14.5 Å². The molecule has 5 nitrogen and oxygen atoms in total. The first-order valence-electron chi connectivity index (χ1n) is 9.04. The fourth-order valence-electron chi connectivity index (χ4n) is 4.00. The SMILES string of the molecule is O=c1ccn([C@H]2CC[C@H](COCC(F)(F)F)CC2)c2c1cnc1[nH]ccc12. The molecule has 0 unspecified atom stereocenters. The largest absolute Gasteiger partial charge is 0.411 e. The molecule has 8 heteroatoms. The van der Waals surface area contributed by atoms with Crippen molar-refractivity contribution in [1.29, 1.82) is 0 Å². The lowest BCUT2D eigenvalue weighted by molar-refractivity contribution is -0.177. The summed E-state index contributed by atoms with van der Waals surface area (Å²) in [4.78, 5) is 19.6. The lowest BCUT2D eigenvalue weighted by Crippen LogP contribution is -2.25. The first kappa shape index (κ1) is 18.0. The zero-order valence-corrected chi connectivity index (χ0v) is 14.6. The van der Waals surface area contributed by atoms with E-state index < -0.39 is 12.8 Å². The molecule has 0 amide bonds. The normalized spacial score (nSPS) is 21.1. The van der Waals surface area contributed by atoms with E-state index in [9.17, 15) is 18.0 Å². The van der Waals surface area contributed by atoms with Gasteiger partial charge in [-0.3, -0.25) is 4.79 Å². The van der Waals surface area contributed by atoms with E-state index in [0.717, 1.165) is 42.2 Å². The van der Waals surface area contributed by atoms with Crippen molar-refractivity contribution in [2.45, 2.75) is 37.9 Å². The van der Waals surface area contributed by atoms with Crippen molar-refractivity contribution in [2.75, 3.05) is 13.2 Å².